The fourth-order valence-electron chi connectivity index (χ4n) is 3.10. The SMILES string of the molecule is Cn1cccc(C(=O)N2CCc3nc4ncc(Br)cc4cc3C2)c1=O. The van der Waals surface area contributed by atoms with Gasteiger partial charge in [-0.1, -0.05) is 0 Å². The van der Waals surface area contributed by atoms with Gasteiger partial charge in [0, 0.05) is 54.5 Å². The molecule has 0 saturated heterocycles. The van der Waals surface area contributed by atoms with E-state index in [2.05, 4.69) is 25.9 Å². The first-order valence-corrected chi connectivity index (χ1v) is 8.71. The summed E-state index contributed by atoms with van der Waals surface area (Å²) >= 11 is 3.42. The Hall–Kier alpha value is -2.54. The number of nitrogens with zero attached hydrogens (tertiary/aromatic N) is 4. The molecule has 25 heavy (non-hydrogen) atoms. The molecule has 0 aliphatic carbocycles. The number of carbonyl (C=O) groups is 1. The number of hydrogen-bond acceptors (Lipinski definition) is 4. The zero-order valence-corrected chi connectivity index (χ0v) is 15.2. The number of rotatable bonds is 1. The molecule has 3 aromatic heterocycles. The third-order valence-electron chi connectivity index (χ3n) is 4.42. The predicted octanol–water partition coefficient (Wildman–Crippen LogP) is 2.29. The molecule has 0 unspecified atom stereocenters. The second-order valence-electron chi connectivity index (χ2n) is 6.11. The van der Waals surface area contributed by atoms with Crippen LogP contribution in [-0.4, -0.2) is 31.9 Å². The highest BCUT2D eigenvalue weighted by molar-refractivity contribution is 9.10. The lowest BCUT2D eigenvalue weighted by Crippen LogP contribution is -2.39. The molecular weight excluding hydrogens is 384 g/mol. The highest BCUT2D eigenvalue weighted by atomic mass is 79.9. The third-order valence-corrected chi connectivity index (χ3v) is 4.86. The summed E-state index contributed by atoms with van der Waals surface area (Å²) < 4.78 is 2.31. The van der Waals surface area contributed by atoms with Crippen LogP contribution < -0.4 is 5.56 Å². The maximum atomic E-state index is 12.8. The lowest BCUT2D eigenvalue weighted by atomic mass is 10.0. The van der Waals surface area contributed by atoms with Gasteiger partial charge in [-0.2, -0.15) is 0 Å². The van der Waals surface area contributed by atoms with Crippen LogP contribution in [0.15, 0.2) is 45.9 Å². The number of halogens is 1. The van der Waals surface area contributed by atoms with Crippen LogP contribution >= 0.6 is 15.9 Å². The lowest BCUT2D eigenvalue weighted by Gasteiger charge is -2.28. The number of pyridine rings is 3. The molecular formula is C18H15BrN4O2. The van der Waals surface area contributed by atoms with Gasteiger partial charge >= 0.3 is 0 Å². The van der Waals surface area contributed by atoms with E-state index in [4.69, 9.17) is 0 Å². The van der Waals surface area contributed by atoms with E-state index in [1.54, 1.807) is 36.5 Å². The van der Waals surface area contributed by atoms with Crippen LogP contribution in [0.5, 0.6) is 0 Å². The molecule has 1 amide bonds. The molecule has 126 valence electrons. The minimum Gasteiger partial charge on any atom is -0.334 e. The van der Waals surface area contributed by atoms with Gasteiger partial charge in [-0.15, -0.1) is 0 Å². The standard InChI is InChI=1S/C18H15BrN4O2/c1-22-5-2-3-14(17(22)24)18(25)23-6-4-15-12(10-23)7-11-8-13(19)9-20-16(11)21-15/h2-3,5,7-9H,4,6,10H2,1H3. The van der Waals surface area contributed by atoms with Crippen molar-refractivity contribution in [2.75, 3.05) is 6.54 Å². The van der Waals surface area contributed by atoms with Gasteiger partial charge < -0.3 is 9.47 Å². The van der Waals surface area contributed by atoms with Crippen molar-refractivity contribution < 1.29 is 4.79 Å². The second-order valence-corrected chi connectivity index (χ2v) is 7.02. The second kappa shape index (κ2) is 6.07. The van der Waals surface area contributed by atoms with Crippen LogP contribution in [0.2, 0.25) is 0 Å². The number of hydrogen-bond donors (Lipinski definition) is 0. The van der Waals surface area contributed by atoms with Gasteiger partial charge in [0.25, 0.3) is 11.5 Å². The first kappa shape index (κ1) is 16.0. The average Bonchev–Trinajstić information content (AvgIpc) is 2.61. The molecule has 4 rings (SSSR count). The first-order valence-electron chi connectivity index (χ1n) is 7.92. The fourth-order valence-corrected chi connectivity index (χ4v) is 3.45. The summed E-state index contributed by atoms with van der Waals surface area (Å²) in [5.74, 6) is -0.237. The van der Waals surface area contributed by atoms with Crippen LogP contribution in [-0.2, 0) is 20.0 Å². The number of aryl methyl sites for hydroxylation is 1. The van der Waals surface area contributed by atoms with E-state index in [0.717, 1.165) is 21.1 Å². The van der Waals surface area contributed by atoms with Crippen molar-refractivity contribution in [3.05, 3.63) is 68.3 Å². The lowest BCUT2D eigenvalue weighted by molar-refractivity contribution is 0.0731. The van der Waals surface area contributed by atoms with E-state index in [-0.39, 0.29) is 17.0 Å². The van der Waals surface area contributed by atoms with Crippen molar-refractivity contribution in [2.45, 2.75) is 13.0 Å². The van der Waals surface area contributed by atoms with E-state index in [1.807, 2.05) is 12.1 Å². The highest BCUT2D eigenvalue weighted by Gasteiger charge is 2.25. The Balaban J connectivity index is 1.69. The molecule has 0 bridgehead atoms. The highest BCUT2D eigenvalue weighted by Crippen LogP contribution is 2.24. The molecule has 0 spiro atoms. The van der Waals surface area contributed by atoms with E-state index < -0.39 is 0 Å². The van der Waals surface area contributed by atoms with Crippen LogP contribution in [0.3, 0.4) is 0 Å². The molecule has 1 aliphatic heterocycles. The minimum atomic E-state index is -0.275. The van der Waals surface area contributed by atoms with Crippen LogP contribution in [0.1, 0.15) is 21.6 Å². The summed E-state index contributed by atoms with van der Waals surface area (Å²) in [4.78, 5) is 35.6. The third kappa shape index (κ3) is 2.84. The topological polar surface area (TPSA) is 68.1 Å². The average molecular weight is 399 g/mol. The quantitative estimate of drug-likeness (QED) is 0.630. The summed E-state index contributed by atoms with van der Waals surface area (Å²) in [6, 6.07) is 7.28. The summed E-state index contributed by atoms with van der Waals surface area (Å²) in [5, 5.41) is 0.929. The zero-order valence-electron chi connectivity index (χ0n) is 13.6. The molecule has 7 heteroatoms. The molecule has 1 aliphatic rings. The molecule has 0 saturated carbocycles. The van der Waals surface area contributed by atoms with Crippen molar-refractivity contribution in [2.24, 2.45) is 7.05 Å². The van der Waals surface area contributed by atoms with Gasteiger partial charge in [0.05, 0.1) is 0 Å². The summed E-state index contributed by atoms with van der Waals surface area (Å²) in [5.41, 5.74) is 2.60. The Morgan fingerprint density at radius 2 is 2.16 bits per heavy atom. The summed E-state index contributed by atoms with van der Waals surface area (Å²) in [6.07, 6.45) is 4.03. The molecule has 3 aromatic rings. The Bertz CT molecular complexity index is 1060. The summed E-state index contributed by atoms with van der Waals surface area (Å²) in [6.45, 7) is 0.987. The molecule has 0 radical (unpaired) electrons. The largest absolute Gasteiger partial charge is 0.334 e. The first-order chi connectivity index (χ1) is 12.0. The van der Waals surface area contributed by atoms with Gasteiger partial charge in [0.15, 0.2) is 5.65 Å². The van der Waals surface area contributed by atoms with Crippen LogP contribution in [0.25, 0.3) is 11.0 Å². The van der Waals surface area contributed by atoms with Crippen molar-refractivity contribution in [1.82, 2.24) is 19.4 Å². The number of aromatic nitrogens is 3. The van der Waals surface area contributed by atoms with Crippen molar-refractivity contribution in [3.8, 4) is 0 Å². The monoisotopic (exact) mass is 398 g/mol. The van der Waals surface area contributed by atoms with Gasteiger partial charge in [-0.3, -0.25) is 9.59 Å². The van der Waals surface area contributed by atoms with Crippen LogP contribution in [0.4, 0.5) is 0 Å². The van der Waals surface area contributed by atoms with E-state index in [9.17, 15) is 9.59 Å². The number of amides is 1. The smallest absolute Gasteiger partial charge is 0.263 e. The van der Waals surface area contributed by atoms with Crippen molar-refractivity contribution in [1.29, 1.82) is 0 Å². The zero-order chi connectivity index (χ0) is 17.6. The molecule has 0 aromatic carbocycles. The van der Waals surface area contributed by atoms with Gasteiger partial charge in [-0.05, 0) is 45.8 Å². The number of carbonyl (C=O) groups excluding carboxylic acids is 1. The maximum absolute atomic E-state index is 12.8. The minimum absolute atomic E-state index is 0.201. The fraction of sp³-hybridized carbons (Fsp3) is 0.222. The van der Waals surface area contributed by atoms with Crippen molar-refractivity contribution in [3.63, 3.8) is 0 Å². The van der Waals surface area contributed by atoms with Crippen molar-refractivity contribution >= 4 is 32.9 Å². The van der Waals surface area contributed by atoms with Gasteiger partial charge in [0.2, 0.25) is 0 Å². The van der Waals surface area contributed by atoms with E-state index in [1.165, 1.54) is 4.57 Å². The molecule has 4 heterocycles. The maximum Gasteiger partial charge on any atom is 0.263 e. The van der Waals surface area contributed by atoms with Gasteiger partial charge in [-0.25, -0.2) is 9.97 Å². The Labute approximate surface area is 152 Å². The molecule has 0 atom stereocenters. The molecule has 6 nitrogen and oxygen atoms in total. The summed E-state index contributed by atoms with van der Waals surface area (Å²) in [7, 11) is 1.64. The predicted molar refractivity (Wildman–Crippen MR) is 97.4 cm³/mol. The molecule has 0 N–H and O–H groups in total. The van der Waals surface area contributed by atoms with Crippen LogP contribution in [0, 0.1) is 0 Å². The normalized spacial score (nSPS) is 13.8. The van der Waals surface area contributed by atoms with Gasteiger partial charge in [0.1, 0.15) is 5.56 Å². The Kier molecular flexibility index (Phi) is 3.88. The van der Waals surface area contributed by atoms with E-state index in [0.29, 0.717) is 25.2 Å². The van der Waals surface area contributed by atoms with E-state index >= 15 is 0 Å². The Morgan fingerprint density at radius 1 is 1.32 bits per heavy atom. The Morgan fingerprint density at radius 3 is 3.00 bits per heavy atom. The molecule has 0 fully saturated rings. The number of fused-ring (bicyclic) bond motifs is 2.